The summed E-state index contributed by atoms with van der Waals surface area (Å²) in [5, 5.41) is 12.4. The average molecular weight is 416 g/mol. The van der Waals surface area contributed by atoms with Gasteiger partial charge in [-0.25, -0.2) is 0 Å². The SMILES string of the molecule is O=C(CSc1nnc(-c2ccncc2)n1CCc1ccccc1)Nc1ccccc1. The molecule has 2 aromatic heterocycles. The summed E-state index contributed by atoms with van der Waals surface area (Å²) in [7, 11) is 0. The number of para-hydroxylation sites is 1. The molecule has 0 aliphatic heterocycles. The van der Waals surface area contributed by atoms with Gasteiger partial charge in [0.25, 0.3) is 0 Å². The second kappa shape index (κ2) is 9.84. The summed E-state index contributed by atoms with van der Waals surface area (Å²) in [6.45, 7) is 0.720. The van der Waals surface area contributed by atoms with E-state index in [2.05, 4.69) is 37.2 Å². The molecule has 0 unspecified atom stereocenters. The third-order valence-corrected chi connectivity index (χ3v) is 5.48. The van der Waals surface area contributed by atoms with Crippen LogP contribution in [0.4, 0.5) is 5.69 Å². The van der Waals surface area contributed by atoms with Crippen molar-refractivity contribution < 1.29 is 4.79 Å². The van der Waals surface area contributed by atoms with Gasteiger partial charge in [-0.05, 0) is 36.2 Å². The van der Waals surface area contributed by atoms with Gasteiger partial charge in [-0.15, -0.1) is 10.2 Å². The molecular weight excluding hydrogens is 394 g/mol. The van der Waals surface area contributed by atoms with Crippen LogP contribution in [0.25, 0.3) is 11.4 Å². The van der Waals surface area contributed by atoms with Crippen molar-refractivity contribution in [3.8, 4) is 11.4 Å². The van der Waals surface area contributed by atoms with Crippen molar-refractivity contribution in [1.29, 1.82) is 0 Å². The molecule has 0 spiro atoms. The number of hydrogen-bond acceptors (Lipinski definition) is 5. The van der Waals surface area contributed by atoms with E-state index < -0.39 is 0 Å². The molecule has 4 aromatic rings. The largest absolute Gasteiger partial charge is 0.325 e. The normalized spacial score (nSPS) is 10.7. The van der Waals surface area contributed by atoms with Crippen molar-refractivity contribution in [1.82, 2.24) is 19.7 Å². The Bertz CT molecular complexity index is 1080. The number of nitrogens with zero attached hydrogens (tertiary/aromatic N) is 4. The first-order valence-corrected chi connectivity index (χ1v) is 10.6. The van der Waals surface area contributed by atoms with Crippen molar-refractivity contribution in [3.05, 3.63) is 90.8 Å². The molecule has 0 saturated heterocycles. The van der Waals surface area contributed by atoms with Crippen LogP contribution in [0.5, 0.6) is 0 Å². The molecule has 2 aromatic carbocycles. The van der Waals surface area contributed by atoms with Gasteiger partial charge in [0.05, 0.1) is 5.75 Å². The maximum absolute atomic E-state index is 12.4. The number of aromatic nitrogens is 4. The predicted molar refractivity (Wildman–Crippen MR) is 119 cm³/mol. The quantitative estimate of drug-likeness (QED) is 0.434. The second-order valence-corrected chi connectivity index (χ2v) is 7.57. The summed E-state index contributed by atoms with van der Waals surface area (Å²) < 4.78 is 2.07. The molecule has 150 valence electrons. The minimum Gasteiger partial charge on any atom is -0.325 e. The van der Waals surface area contributed by atoms with Gasteiger partial charge in [-0.2, -0.15) is 0 Å². The lowest BCUT2D eigenvalue weighted by atomic mass is 10.1. The van der Waals surface area contributed by atoms with Crippen molar-refractivity contribution in [3.63, 3.8) is 0 Å². The van der Waals surface area contributed by atoms with Crippen LogP contribution in [0, 0.1) is 0 Å². The highest BCUT2D eigenvalue weighted by molar-refractivity contribution is 7.99. The van der Waals surface area contributed by atoms with E-state index in [1.807, 2.05) is 60.7 Å². The molecule has 0 bridgehead atoms. The molecule has 30 heavy (non-hydrogen) atoms. The van der Waals surface area contributed by atoms with Crippen LogP contribution in [0.3, 0.4) is 0 Å². The first kappa shape index (κ1) is 19.8. The van der Waals surface area contributed by atoms with Crippen LogP contribution in [-0.2, 0) is 17.8 Å². The monoisotopic (exact) mass is 415 g/mol. The molecule has 0 aliphatic carbocycles. The fraction of sp³-hybridized carbons (Fsp3) is 0.130. The van der Waals surface area contributed by atoms with E-state index in [1.165, 1.54) is 17.3 Å². The van der Waals surface area contributed by atoms with Crippen LogP contribution in [-0.4, -0.2) is 31.4 Å². The van der Waals surface area contributed by atoms with Crippen LogP contribution < -0.4 is 5.32 Å². The van der Waals surface area contributed by atoms with E-state index in [1.54, 1.807) is 12.4 Å². The molecule has 6 nitrogen and oxygen atoms in total. The third kappa shape index (κ3) is 5.12. The van der Waals surface area contributed by atoms with Gasteiger partial charge in [-0.1, -0.05) is 60.3 Å². The van der Waals surface area contributed by atoms with Crippen LogP contribution in [0.15, 0.2) is 90.3 Å². The number of hydrogen-bond donors (Lipinski definition) is 1. The zero-order valence-electron chi connectivity index (χ0n) is 16.3. The van der Waals surface area contributed by atoms with E-state index in [4.69, 9.17) is 0 Å². The summed E-state index contributed by atoms with van der Waals surface area (Å²) in [4.78, 5) is 16.4. The lowest BCUT2D eigenvalue weighted by Gasteiger charge is -2.10. The zero-order chi connectivity index (χ0) is 20.6. The predicted octanol–water partition coefficient (Wildman–Crippen LogP) is 4.31. The summed E-state index contributed by atoms with van der Waals surface area (Å²) in [5.74, 6) is 0.961. The van der Waals surface area contributed by atoms with E-state index in [9.17, 15) is 4.79 Å². The van der Waals surface area contributed by atoms with Crippen molar-refractivity contribution in [2.45, 2.75) is 18.1 Å². The molecule has 0 atom stereocenters. The topological polar surface area (TPSA) is 72.7 Å². The maximum Gasteiger partial charge on any atom is 0.234 e. The molecule has 2 heterocycles. The number of anilines is 1. The Balaban J connectivity index is 1.50. The van der Waals surface area contributed by atoms with Crippen LogP contribution in [0.2, 0.25) is 0 Å². The number of pyridine rings is 1. The van der Waals surface area contributed by atoms with E-state index in [-0.39, 0.29) is 11.7 Å². The molecule has 1 amide bonds. The van der Waals surface area contributed by atoms with Crippen LogP contribution in [0.1, 0.15) is 5.56 Å². The maximum atomic E-state index is 12.4. The van der Waals surface area contributed by atoms with Gasteiger partial charge in [0.15, 0.2) is 11.0 Å². The number of nitrogens with one attached hydrogen (secondary N) is 1. The Labute approximate surface area is 179 Å². The Morgan fingerprint density at radius 2 is 1.60 bits per heavy atom. The van der Waals surface area contributed by atoms with E-state index in [0.717, 1.165) is 35.2 Å². The number of thioether (sulfide) groups is 1. The fourth-order valence-corrected chi connectivity index (χ4v) is 3.81. The van der Waals surface area contributed by atoms with Gasteiger partial charge in [0.2, 0.25) is 5.91 Å². The van der Waals surface area contributed by atoms with Gasteiger partial charge in [0.1, 0.15) is 0 Å². The summed E-state index contributed by atoms with van der Waals surface area (Å²) in [6, 6.07) is 23.6. The number of benzene rings is 2. The third-order valence-electron chi connectivity index (χ3n) is 4.51. The summed E-state index contributed by atoms with van der Waals surface area (Å²) >= 11 is 1.39. The molecule has 7 heteroatoms. The van der Waals surface area contributed by atoms with Gasteiger partial charge < -0.3 is 9.88 Å². The van der Waals surface area contributed by atoms with Gasteiger partial charge in [0, 0.05) is 30.2 Å². The lowest BCUT2D eigenvalue weighted by molar-refractivity contribution is -0.113. The highest BCUT2D eigenvalue weighted by Crippen LogP contribution is 2.24. The number of aryl methyl sites for hydroxylation is 1. The number of amides is 1. The second-order valence-electron chi connectivity index (χ2n) is 6.63. The van der Waals surface area contributed by atoms with Crippen molar-refractivity contribution in [2.24, 2.45) is 0 Å². The minimum atomic E-state index is -0.0747. The first-order valence-electron chi connectivity index (χ1n) is 9.65. The van der Waals surface area contributed by atoms with Crippen molar-refractivity contribution in [2.75, 3.05) is 11.1 Å². The summed E-state index contributed by atoms with van der Waals surface area (Å²) in [5.41, 5.74) is 2.97. The molecular formula is C23H21N5OS. The average Bonchev–Trinajstić information content (AvgIpc) is 3.21. The molecule has 0 saturated carbocycles. The Morgan fingerprint density at radius 1 is 0.900 bits per heavy atom. The Hall–Kier alpha value is -3.45. The molecule has 0 fully saturated rings. The lowest BCUT2D eigenvalue weighted by Crippen LogP contribution is -2.14. The summed E-state index contributed by atoms with van der Waals surface area (Å²) in [6.07, 6.45) is 4.33. The highest BCUT2D eigenvalue weighted by Gasteiger charge is 2.16. The number of carbonyl (C=O) groups excluding carboxylic acids is 1. The first-order chi connectivity index (χ1) is 14.8. The minimum absolute atomic E-state index is 0.0747. The molecule has 0 radical (unpaired) electrons. The van der Waals surface area contributed by atoms with Crippen molar-refractivity contribution >= 4 is 23.4 Å². The highest BCUT2D eigenvalue weighted by atomic mass is 32.2. The molecule has 0 aliphatic rings. The van der Waals surface area contributed by atoms with E-state index >= 15 is 0 Å². The van der Waals surface area contributed by atoms with Gasteiger partial charge >= 0.3 is 0 Å². The van der Waals surface area contributed by atoms with E-state index in [0.29, 0.717) is 0 Å². The Kier molecular flexibility index (Phi) is 6.51. The standard InChI is InChI=1S/C23H21N5OS/c29-21(25-20-9-5-2-6-10-20)17-30-23-27-26-22(19-11-14-24-15-12-19)28(23)16-13-18-7-3-1-4-8-18/h1-12,14-15H,13,16-17H2,(H,25,29). The smallest absolute Gasteiger partial charge is 0.234 e. The number of carbonyl (C=O) groups is 1. The Morgan fingerprint density at radius 3 is 2.33 bits per heavy atom. The van der Waals surface area contributed by atoms with Gasteiger partial charge in [-0.3, -0.25) is 9.78 Å². The number of rotatable bonds is 8. The zero-order valence-corrected chi connectivity index (χ0v) is 17.1. The molecule has 4 rings (SSSR count). The molecule has 1 N–H and O–H groups in total. The fourth-order valence-electron chi connectivity index (χ4n) is 3.05. The van der Waals surface area contributed by atoms with Crippen LogP contribution >= 0.6 is 11.8 Å².